The van der Waals surface area contributed by atoms with Gasteiger partial charge in [0.1, 0.15) is 0 Å². The van der Waals surface area contributed by atoms with Gasteiger partial charge < -0.3 is 0 Å². The molecule has 70 valence electrons. The molecule has 0 bridgehead atoms. The van der Waals surface area contributed by atoms with Crippen LogP contribution >= 0.6 is 11.6 Å². The van der Waals surface area contributed by atoms with Gasteiger partial charge in [0.25, 0.3) is 0 Å². The zero-order chi connectivity index (χ0) is 9.10. The molecule has 0 aliphatic carbocycles. The van der Waals surface area contributed by atoms with Crippen LogP contribution in [0.5, 0.6) is 0 Å². The van der Waals surface area contributed by atoms with E-state index in [4.69, 9.17) is 11.6 Å². The standard InChI is InChI=1S/C10H13ClN2/c11-7-9-6-10(13-12-9)8-4-2-1-3-5-8/h1-5,9-10,12-13H,6-7H2. The number of hydrogen-bond donors (Lipinski definition) is 2. The summed E-state index contributed by atoms with van der Waals surface area (Å²) in [6.45, 7) is 0. The molecule has 1 heterocycles. The molecule has 0 radical (unpaired) electrons. The van der Waals surface area contributed by atoms with Gasteiger partial charge in [-0.25, -0.2) is 5.43 Å². The number of benzene rings is 1. The molecule has 13 heavy (non-hydrogen) atoms. The van der Waals surface area contributed by atoms with Crippen LogP contribution in [0, 0.1) is 0 Å². The van der Waals surface area contributed by atoms with Crippen molar-refractivity contribution in [3.8, 4) is 0 Å². The van der Waals surface area contributed by atoms with Gasteiger partial charge >= 0.3 is 0 Å². The fraction of sp³-hybridized carbons (Fsp3) is 0.400. The first-order valence-corrected chi connectivity index (χ1v) is 5.05. The third kappa shape index (κ3) is 2.02. The van der Waals surface area contributed by atoms with Crippen molar-refractivity contribution < 1.29 is 0 Å². The maximum Gasteiger partial charge on any atom is 0.0478 e. The summed E-state index contributed by atoms with van der Waals surface area (Å²) in [5.41, 5.74) is 7.73. The Morgan fingerprint density at radius 1 is 1.23 bits per heavy atom. The molecule has 2 rings (SSSR count). The molecule has 2 nitrogen and oxygen atoms in total. The zero-order valence-corrected chi connectivity index (χ0v) is 8.09. The van der Waals surface area contributed by atoms with E-state index in [0.29, 0.717) is 18.0 Å². The largest absolute Gasteiger partial charge is 0.253 e. The van der Waals surface area contributed by atoms with Crippen molar-refractivity contribution in [1.29, 1.82) is 0 Å². The molecular weight excluding hydrogens is 184 g/mol. The summed E-state index contributed by atoms with van der Waals surface area (Å²) < 4.78 is 0. The lowest BCUT2D eigenvalue weighted by Gasteiger charge is -2.08. The van der Waals surface area contributed by atoms with E-state index in [9.17, 15) is 0 Å². The smallest absolute Gasteiger partial charge is 0.0478 e. The molecule has 3 heteroatoms. The monoisotopic (exact) mass is 196 g/mol. The highest BCUT2D eigenvalue weighted by Gasteiger charge is 2.23. The van der Waals surface area contributed by atoms with Gasteiger partial charge in [-0.15, -0.1) is 11.6 Å². The minimum atomic E-state index is 0.395. The van der Waals surface area contributed by atoms with Gasteiger partial charge in [-0.2, -0.15) is 0 Å². The highest BCUT2D eigenvalue weighted by molar-refractivity contribution is 6.18. The SMILES string of the molecule is ClCC1CC(c2ccccc2)NN1. The number of alkyl halides is 1. The summed E-state index contributed by atoms with van der Waals surface area (Å²) in [5.74, 6) is 0.663. The first-order chi connectivity index (χ1) is 6.40. The quantitative estimate of drug-likeness (QED) is 0.706. The van der Waals surface area contributed by atoms with Gasteiger partial charge in [0.15, 0.2) is 0 Å². The minimum absolute atomic E-state index is 0.395. The Morgan fingerprint density at radius 2 is 2.00 bits per heavy atom. The molecule has 1 aliphatic rings. The van der Waals surface area contributed by atoms with Crippen LogP contribution in [0.1, 0.15) is 18.0 Å². The van der Waals surface area contributed by atoms with E-state index in [1.165, 1.54) is 5.56 Å². The maximum absolute atomic E-state index is 5.76. The molecule has 0 aromatic heterocycles. The van der Waals surface area contributed by atoms with Crippen LogP contribution in [0.25, 0.3) is 0 Å². The van der Waals surface area contributed by atoms with Crippen molar-refractivity contribution in [2.45, 2.75) is 18.5 Å². The highest BCUT2D eigenvalue weighted by Crippen LogP contribution is 2.21. The van der Waals surface area contributed by atoms with Crippen LogP contribution < -0.4 is 10.9 Å². The molecule has 2 unspecified atom stereocenters. The minimum Gasteiger partial charge on any atom is -0.253 e. The molecule has 1 aliphatic heterocycles. The predicted molar refractivity (Wildman–Crippen MR) is 54.6 cm³/mol. The second-order valence-corrected chi connectivity index (χ2v) is 3.65. The normalized spacial score (nSPS) is 27.8. The number of hydrogen-bond acceptors (Lipinski definition) is 2. The molecule has 0 amide bonds. The van der Waals surface area contributed by atoms with Gasteiger partial charge in [0.05, 0.1) is 0 Å². The molecule has 0 spiro atoms. The van der Waals surface area contributed by atoms with Crippen molar-refractivity contribution in [2.24, 2.45) is 0 Å². The summed E-state index contributed by atoms with van der Waals surface area (Å²) >= 11 is 5.76. The van der Waals surface area contributed by atoms with E-state index in [-0.39, 0.29) is 0 Å². The van der Waals surface area contributed by atoms with Crippen LogP contribution in [0.3, 0.4) is 0 Å². The van der Waals surface area contributed by atoms with E-state index in [1.54, 1.807) is 0 Å². The highest BCUT2D eigenvalue weighted by atomic mass is 35.5. The van der Waals surface area contributed by atoms with E-state index in [1.807, 2.05) is 6.07 Å². The Bertz CT molecular complexity index is 263. The molecule has 2 N–H and O–H groups in total. The van der Waals surface area contributed by atoms with Gasteiger partial charge in [0.2, 0.25) is 0 Å². The molecule has 1 aromatic rings. The predicted octanol–water partition coefficient (Wildman–Crippen LogP) is 1.83. The second-order valence-electron chi connectivity index (χ2n) is 3.34. The Morgan fingerprint density at radius 3 is 2.62 bits per heavy atom. The van der Waals surface area contributed by atoms with Crippen LogP contribution in [-0.4, -0.2) is 11.9 Å². The topological polar surface area (TPSA) is 24.1 Å². The van der Waals surface area contributed by atoms with E-state index in [0.717, 1.165) is 6.42 Å². The first-order valence-electron chi connectivity index (χ1n) is 4.52. The van der Waals surface area contributed by atoms with Crippen molar-refractivity contribution >= 4 is 11.6 Å². The van der Waals surface area contributed by atoms with Crippen LogP contribution in [-0.2, 0) is 0 Å². The van der Waals surface area contributed by atoms with E-state index >= 15 is 0 Å². The van der Waals surface area contributed by atoms with E-state index in [2.05, 4.69) is 35.1 Å². The maximum atomic E-state index is 5.76. The van der Waals surface area contributed by atoms with Gasteiger partial charge in [0, 0.05) is 18.0 Å². The first kappa shape index (κ1) is 9.00. The van der Waals surface area contributed by atoms with Crippen molar-refractivity contribution in [2.75, 3.05) is 5.88 Å². The Kier molecular flexibility index (Phi) is 2.83. The Labute approximate surface area is 83.3 Å². The molecule has 2 atom stereocenters. The zero-order valence-electron chi connectivity index (χ0n) is 7.33. The van der Waals surface area contributed by atoms with Crippen molar-refractivity contribution in [3.05, 3.63) is 35.9 Å². The van der Waals surface area contributed by atoms with Crippen molar-refractivity contribution in [1.82, 2.24) is 10.9 Å². The lowest BCUT2D eigenvalue weighted by atomic mass is 10.0. The average molecular weight is 197 g/mol. The van der Waals surface area contributed by atoms with Gasteiger partial charge in [-0.1, -0.05) is 30.3 Å². The summed E-state index contributed by atoms with van der Waals surface area (Å²) in [6, 6.07) is 11.2. The second kappa shape index (κ2) is 4.09. The molecular formula is C10H13ClN2. The van der Waals surface area contributed by atoms with Crippen molar-refractivity contribution in [3.63, 3.8) is 0 Å². The average Bonchev–Trinajstić information content (AvgIpc) is 2.67. The third-order valence-corrected chi connectivity index (χ3v) is 2.74. The molecule has 1 fully saturated rings. The van der Waals surface area contributed by atoms with Gasteiger partial charge in [-0.3, -0.25) is 5.43 Å². The van der Waals surface area contributed by atoms with Crippen LogP contribution in [0.4, 0.5) is 0 Å². The number of rotatable bonds is 2. The summed E-state index contributed by atoms with van der Waals surface area (Å²) in [4.78, 5) is 0. The van der Waals surface area contributed by atoms with Crippen LogP contribution in [0.15, 0.2) is 30.3 Å². The Hall–Kier alpha value is -0.570. The number of nitrogens with one attached hydrogen (secondary N) is 2. The van der Waals surface area contributed by atoms with Gasteiger partial charge in [-0.05, 0) is 12.0 Å². The lowest BCUT2D eigenvalue weighted by molar-refractivity contribution is 0.562. The third-order valence-electron chi connectivity index (χ3n) is 2.37. The van der Waals surface area contributed by atoms with E-state index < -0.39 is 0 Å². The molecule has 1 saturated heterocycles. The summed E-state index contributed by atoms with van der Waals surface area (Å²) in [6.07, 6.45) is 1.06. The number of halogens is 1. The fourth-order valence-corrected chi connectivity index (χ4v) is 1.83. The molecule has 1 aromatic carbocycles. The van der Waals surface area contributed by atoms with Crippen LogP contribution in [0.2, 0.25) is 0 Å². The number of hydrazine groups is 1. The lowest BCUT2D eigenvalue weighted by Crippen LogP contribution is -2.31. The Balaban J connectivity index is 2.04. The molecule has 0 saturated carbocycles. The summed E-state index contributed by atoms with van der Waals surface area (Å²) in [7, 11) is 0. The summed E-state index contributed by atoms with van der Waals surface area (Å²) in [5, 5.41) is 0. The fourth-order valence-electron chi connectivity index (χ4n) is 1.63.